The zero-order valence-electron chi connectivity index (χ0n) is 21.0. The van der Waals surface area contributed by atoms with Crippen molar-refractivity contribution in [3.8, 4) is 23.0 Å². The minimum absolute atomic E-state index is 0.000655. The molecule has 0 aromatic heterocycles. The van der Waals surface area contributed by atoms with Crippen LogP contribution in [0.4, 0.5) is 0 Å². The minimum atomic E-state index is -0.840. The molecule has 1 amide bonds. The van der Waals surface area contributed by atoms with Gasteiger partial charge in [0.1, 0.15) is 11.5 Å². The lowest BCUT2D eigenvalue weighted by Crippen LogP contribution is -2.32. The predicted molar refractivity (Wildman–Crippen MR) is 131 cm³/mol. The Balaban J connectivity index is 2.20. The Morgan fingerprint density at radius 2 is 1.54 bits per heavy atom. The van der Waals surface area contributed by atoms with Gasteiger partial charge < -0.3 is 33.9 Å². The van der Waals surface area contributed by atoms with Crippen molar-refractivity contribution in [3.05, 3.63) is 53.1 Å². The molecule has 2 aromatic carbocycles. The van der Waals surface area contributed by atoms with E-state index in [0.717, 1.165) is 6.54 Å². The molecule has 35 heavy (non-hydrogen) atoms. The van der Waals surface area contributed by atoms with Gasteiger partial charge in [0.2, 0.25) is 5.75 Å². The molecule has 0 saturated carbocycles. The quantitative estimate of drug-likeness (QED) is 0.312. The predicted octanol–water partition coefficient (Wildman–Crippen LogP) is 3.09. The number of rotatable bonds is 10. The second-order valence-electron chi connectivity index (χ2n) is 8.34. The van der Waals surface area contributed by atoms with Gasteiger partial charge in [-0.05, 0) is 69.0 Å². The molecule has 9 nitrogen and oxygen atoms in total. The molecule has 1 fully saturated rings. The maximum atomic E-state index is 13.2. The molecule has 0 bridgehead atoms. The molecular formula is C26H32N2O7. The number of methoxy groups -OCH3 is 4. The number of ether oxygens (including phenoxy) is 4. The second-order valence-corrected chi connectivity index (χ2v) is 8.34. The van der Waals surface area contributed by atoms with Crippen molar-refractivity contribution in [2.24, 2.45) is 0 Å². The van der Waals surface area contributed by atoms with Crippen LogP contribution in [-0.2, 0) is 9.59 Å². The smallest absolute Gasteiger partial charge is 0.295 e. The van der Waals surface area contributed by atoms with Gasteiger partial charge in [-0.2, -0.15) is 0 Å². The summed E-state index contributed by atoms with van der Waals surface area (Å²) in [5.41, 5.74) is 0.951. The molecule has 0 spiro atoms. The number of hydrogen-bond acceptors (Lipinski definition) is 8. The maximum absolute atomic E-state index is 13.2. The third-order valence-electron chi connectivity index (χ3n) is 5.91. The highest BCUT2D eigenvalue weighted by Gasteiger charge is 2.46. The molecule has 1 saturated heterocycles. The van der Waals surface area contributed by atoms with Crippen LogP contribution in [0, 0.1) is 0 Å². The molecule has 188 valence electrons. The van der Waals surface area contributed by atoms with Crippen LogP contribution in [0.1, 0.15) is 23.6 Å². The Labute approximate surface area is 205 Å². The van der Waals surface area contributed by atoms with E-state index in [2.05, 4.69) is 0 Å². The highest BCUT2D eigenvalue weighted by Crippen LogP contribution is 2.45. The average molecular weight is 485 g/mol. The molecule has 1 aliphatic heterocycles. The molecule has 1 unspecified atom stereocenters. The Kier molecular flexibility index (Phi) is 8.24. The summed E-state index contributed by atoms with van der Waals surface area (Å²) in [7, 11) is 9.90. The Bertz CT molecular complexity index is 1080. The molecular weight excluding hydrogens is 452 g/mol. The van der Waals surface area contributed by atoms with Gasteiger partial charge in [0.05, 0.1) is 40.1 Å². The highest BCUT2D eigenvalue weighted by molar-refractivity contribution is 6.46. The second kappa shape index (κ2) is 11.1. The van der Waals surface area contributed by atoms with Crippen LogP contribution < -0.4 is 18.9 Å². The Morgan fingerprint density at radius 1 is 0.943 bits per heavy atom. The average Bonchev–Trinajstić information content (AvgIpc) is 3.12. The molecule has 1 N–H and O–H groups in total. The number of aliphatic hydroxyl groups is 1. The van der Waals surface area contributed by atoms with E-state index in [-0.39, 0.29) is 11.3 Å². The summed E-state index contributed by atoms with van der Waals surface area (Å²) in [6, 6.07) is 9.18. The van der Waals surface area contributed by atoms with Crippen molar-refractivity contribution < 1.29 is 33.6 Å². The van der Waals surface area contributed by atoms with Gasteiger partial charge in [-0.3, -0.25) is 9.59 Å². The summed E-state index contributed by atoms with van der Waals surface area (Å²) >= 11 is 0. The van der Waals surface area contributed by atoms with Crippen LogP contribution in [0.15, 0.2) is 42.0 Å². The first-order valence-electron chi connectivity index (χ1n) is 11.1. The summed E-state index contributed by atoms with van der Waals surface area (Å²) in [4.78, 5) is 29.9. The van der Waals surface area contributed by atoms with Gasteiger partial charge in [-0.25, -0.2) is 0 Å². The number of carbonyl (C=O) groups excluding carboxylic acids is 2. The zero-order chi connectivity index (χ0) is 25.7. The van der Waals surface area contributed by atoms with E-state index in [4.69, 9.17) is 18.9 Å². The number of nitrogens with zero attached hydrogens (tertiary/aromatic N) is 2. The number of hydrogen-bond donors (Lipinski definition) is 1. The standard InChI is InChI=1S/C26H32N2O7/c1-27(2)12-7-13-28-22(17-14-19(33-4)25(35-6)20(15-17)34-5)21(24(30)26(28)31)23(29)16-8-10-18(32-3)11-9-16/h8-11,14-15,22,29H,7,12-13H2,1-6H3/b23-21-. The Hall–Kier alpha value is -3.72. The van der Waals surface area contributed by atoms with Gasteiger partial charge in [-0.15, -0.1) is 0 Å². The maximum Gasteiger partial charge on any atom is 0.295 e. The van der Waals surface area contributed by atoms with Crippen molar-refractivity contribution in [2.45, 2.75) is 12.5 Å². The lowest BCUT2D eigenvalue weighted by Gasteiger charge is -2.27. The van der Waals surface area contributed by atoms with Crippen LogP contribution in [0.25, 0.3) is 5.76 Å². The van der Waals surface area contributed by atoms with Crippen LogP contribution in [0.2, 0.25) is 0 Å². The minimum Gasteiger partial charge on any atom is -0.507 e. The number of likely N-dealkylation sites (tertiary alicyclic amines) is 1. The summed E-state index contributed by atoms with van der Waals surface area (Å²) in [6.07, 6.45) is 0.642. The number of ketones is 1. The summed E-state index contributed by atoms with van der Waals surface area (Å²) in [5.74, 6) is 0.0695. The van der Waals surface area contributed by atoms with Crippen molar-refractivity contribution in [2.75, 3.05) is 55.6 Å². The molecule has 3 rings (SSSR count). The third-order valence-corrected chi connectivity index (χ3v) is 5.91. The van der Waals surface area contributed by atoms with E-state index < -0.39 is 17.7 Å². The van der Waals surface area contributed by atoms with Gasteiger partial charge in [0, 0.05) is 12.1 Å². The van der Waals surface area contributed by atoms with E-state index in [1.54, 1.807) is 43.5 Å². The first-order chi connectivity index (χ1) is 16.8. The van der Waals surface area contributed by atoms with E-state index in [1.807, 2.05) is 19.0 Å². The summed E-state index contributed by atoms with van der Waals surface area (Å²) < 4.78 is 21.6. The van der Waals surface area contributed by atoms with E-state index >= 15 is 0 Å². The van der Waals surface area contributed by atoms with E-state index in [9.17, 15) is 14.7 Å². The van der Waals surface area contributed by atoms with E-state index in [0.29, 0.717) is 47.1 Å². The number of benzene rings is 2. The molecule has 2 aromatic rings. The van der Waals surface area contributed by atoms with Gasteiger partial charge in [0.25, 0.3) is 11.7 Å². The topological polar surface area (TPSA) is 97.8 Å². The van der Waals surface area contributed by atoms with Crippen molar-refractivity contribution >= 4 is 17.4 Å². The summed E-state index contributed by atoms with van der Waals surface area (Å²) in [6.45, 7) is 1.05. The van der Waals surface area contributed by atoms with Gasteiger partial charge in [-0.1, -0.05) is 0 Å². The fourth-order valence-electron chi connectivity index (χ4n) is 4.18. The third kappa shape index (κ3) is 5.19. The lowest BCUT2D eigenvalue weighted by molar-refractivity contribution is -0.139. The SMILES string of the molecule is COc1ccc(/C(O)=C2/C(=O)C(=O)N(CCCN(C)C)C2c2cc(OC)c(OC)c(OC)c2)cc1. The van der Waals surface area contributed by atoms with Gasteiger partial charge in [0.15, 0.2) is 11.5 Å². The van der Waals surface area contributed by atoms with Crippen molar-refractivity contribution in [1.82, 2.24) is 9.80 Å². The largest absolute Gasteiger partial charge is 0.507 e. The van der Waals surface area contributed by atoms with Crippen molar-refractivity contribution in [1.29, 1.82) is 0 Å². The normalized spacial score (nSPS) is 17.1. The molecule has 1 heterocycles. The first-order valence-corrected chi connectivity index (χ1v) is 11.1. The number of aliphatic hydroxyl groups excluding tert-OH is 1. The summed E-state index contributed by atoms with van der Waals surface area (Å²) in [5, 5.41) is 11.2. The highest BCUT2D eigenvalue weighted by atomic mass is 16.5. The lowest BCUT2D eigenvalue weighted by atomic mass is 9.94. The number of Topliss-reactive ketones (excluding diaryl/α,β-unsaturated/α-hetero) is 1. The van der Waals surface area contributed by atoms with Crippen LogP contribution in [0.3, 0.4) is 0 Å². The zero-order valence-corrected chi connectivity index (χ0v) is 21.0. The molecule has 9 heteroatoms. The molecule has 0 radical (unpaired) electrons. The van der Waals surface area contributed by atoms with Crippen LogP contribution >= 0.6 is 0 Å². The molecule has 1 aliphatic rings. The van der Waals surface area contributed by atoms with Crippen LogP contribution in [-0.4, -0.2) is 82.2 Å². The fourth-order valence-corrected chi connectivity index (χ4v) is 4.18. The first kappa shape index (κ1) is 25.9. The fraction of sp³-hybridized carbons (Fsp3) is 0.385. The van der Waals surface area contributed by atoms with E-state index in [1.165, 1.54) is 26.2 Å². The van der Waals surface area contributed by atoms with Crippen molar-refractivity contribution in [3.63, 3.8) is 0 Å². The monoisotopic (exact) mass is 484 g/mol. The molecule has 0 aliphatic carbocycles. The molecule has 1 atom stereocenters. The number of carbonyl (C=O) groups is 2. The van der Waals surface area contributed by atoms with Gasteiger partial charge >= 0.3 is 0 Å². The number of amides is 1. The van der Waals surface area contributed by atoms with Crippen LogP contribution in [0.5, 0.6) is 23.0 Å². The Morgan fingerprint density at radius 3 is 2.03 bits per heavy atom.